The van der Waals surface area contributed by atoms with Gasteiger partial charge in [-0.05, 0) is 48.7 Å². The molecular formula is C13H14O3S. The maximum absolute atomic E-state index is 11.3. The summed E-state index contributed by atoms with van der Waals surface area (Å²) in [4.78, 5) is -0.00639. The van der Waals surface area contributed by atoms with E-state index in [-0.39, 0.29) is 4.90 Å². The van der Waals surface area contributed by atoms with Crippen LogP contribution in [-0.2, 0) is 10.1 Å². The first-order valence-corrected chi connectivity index (χ1v) is 6.73. The van der Waals surface area contributed by atoms with Crippen molar-refractivity contribution in [3.63, 3.8) is 0 Å². The molecule has 0 unspecified atom stereocenters. The van der Waals surface area contributed by atoms with Crippen molar-refractivity contribution in [3.05, 3.63) is 41.0 Å². The molecule has 0 aromatic heterocycles. The molecule has 4 heteroatoms. The zero-order valence-electron chi connectivity index (χ0n) is 9.98. The number of aryl methyl sites for hydroxylation is 2. The fourth-order valence-corrected chi connectivity index (χ4v) is 2.86. The first kappa shape index (κ1) is 12.1. The molecule has 0 radical (unpaired) electrons. The topological polar surface area (TPSA) is 54.4 Å². The van der Waals surface area contributed by atoms with Crippen molar-refractivity contribution < 1.29 is 13.0 Å². The van der Waals surface area contributed by atoms with Crippen LogP contribution in [0.2, 0.25) is 0 Å². The highest BCUT2D eigenvalue weighted by Crippen LogP contribution is 2.28. The van der Waals surface area contributed by atoms with Gasteiger partial charge in [-0.2, -0.15) is 8.42 Å². The van der Waals surface area contributed by atoms with E-state index in [1.54, 1.807) is 6.92 Å². The third-order valence-electron chi connectivity index (χ3n) is 3.11. The molecule has 0 aliphatic heterocycles. The lowest BCUT2D eigenvalue weighted by Gasteiger charge is -2.10. The lowest BCUT2D eigenvalue weighted by molar-refractivity contribution is 0.482. The van der Waals surface area contributed by atoms with Crippen molar-refractivity contribution in [2.24, 2.45) is 0 Å². The molecule has 0 atom stereocenters. The Morgan fingerprint density at radius 1 is 1.00 bits per heavy atom. The molecule has 0 spiro atoms. The summed E-state index contributed by atoms with van der Waals surface area (Å²) in [6.45, 7) is 5.52. The van der Waals surface area contributed by atoms with Gasteiger partial charge in [-0.3, -0.25) is 4.55 Å². The third-order valence-corrected chi connectivity index (χ3v) is 4.09. The molecule has 0 amide bonds. The molecule has 0 bridgehead atoms. The SMILES string of the molecule is Cc1ccc2c(C)c(C)c(S(=O)(=O)O)cc2c1. The Bertz CT molecular complexity index is 700. The average Bonchev–Trinajstić information content (AvgIpc) is 2.21. The van der Waals surface area contributed by atoms with E-state index < -0.39 is 10.1 Å². The van der Waals surface area contributed by atoms with E-state index >= 15 is 0 Å². The minimum absolute atomic E-state index is 0.00639. The maximum atomic E-state index is 11.3. The molecule has 0 saturated heterocycles. The Kier molecular flexibility index (Phi) is 2.72. The normalized spacial score (nSPS) is 12.0. The van der Waals surface area contributed by atoms with Crippen molar-refractivity contribution in [3.8, 4) is 0 Å². The van der Waals surface area contributed by atoms with Gasteiger partial charge in [-0.1, -0.05) is 23.8 Å². The third kappa shape index (κ3) is 2.06. The average molecular weight is 250 g/mol. The zero-order valence-corrected chi connectivity index (χ0v) is 10.8. The molecule has 0 aliphatic rings. The van der Waals surface area contributed by atoms with Gasteiger partial charge in [-0.25, -0.2) is 0 Å². The second-order valence-corrected chi connectivity index (χ2v) is 5.71. The van der Waals surface area contributed by atoms with Gasteiger partial charge >= 0.3 is 0 Å². The van der Waals surface area contributed by atoms with E-state index in [4.69, 9.17) is 0 Å². The highest BCUT2D eigenvalue weighted by Gasteiger charge is 2.16. The van der Waals surface area contributed by atoms with Gasteiger partial charge in [0.15, 0.2) is 0 Å². The summed E-state index contributed by atoms with van der Waals surface area (Å²) in [5.74, 6) is 0. The van der Waals surface area contributed by atoms with Gasteiger partial charge in [0.1, 0.15) is 0 Å². The van der Waals surface area contributed by atoms with Crippen LogP contribution < -0.4 is 0 Å². The second-order valence-electron chi connectivity index (χ2n) is 4.32. The Labute approximate surface area is 101 Å². The monoisotopic (exact) mass is 250 g/mol. The van der Waals surface area contributed by atoms with Crippen molar-refractivity contribution >= 4 is 20.9 Å². The van der Waals surface area contributed by atoms with Crippen LogP contribution in [0.1, 0.15) is 16.7 Å². The standard InChI is InChI=1S/C13H14O3S/c1-8-4-5-12-9(2)10(3)13(17(14,15)16)7-11(12)6-8/h4-7H,1-3H3,(H,14,15,16). The Balaban J connectivity index is 2.95. The summed E-state index contributed by atoms with van der Waals surface area (Å²) in [6.07, 6.45) is 0. The van der Waals surface area contributed by atoms with Gasteiger partial charge in [0.25, 0.3) is 10.1 Å². The van der Waals surface area contributed by atoms with Crippen LogP contribution in [0, 0.1) is 20.8 Å². The summed E-state index contributed by atoms with van der Waals surface area (Å²) >= 11 is 0. The van der Waals surface area contributed by atoms with Gasteiger partial charge < -0.3 is 0 Å². The lowest BCUT2D eigenvalue weighted by Crippen LogP contribution is -2.02. The molecule has 0 heterocycles. The van der Waals surface area contributed by atoms with E-state index in [0.717, 1.165) is 21.9 Å². The summed E-state index contributed by atoms with van der Waals surface area (Å²) in [7, 11) is -4.16. The first-order chi connectivity index (χ1) is 7.80. The highest BCUT2D eigenvalue weighted by molar-refractivity contribution is 7.85. The Morgan fingerprint density at radius 2 is 1.65 bits per heavy atom. The van der Waals surface area contributed by atoms with Crippen molar-refractivity contribution in [1.29, 1.82) is 0 Å². The smallest absolute Gasteiger partial charge is 0.282 e. The number of hydrogen-bond acceptors (Lipinski definition) is 2. The van der Waals surface area contributed by atoms with Crippen molar-refractivity contribution in [2.45, 2.75) is 25.7 Å². The van der Waals surface area contributed by atoms with E-state index in [2.05, 4.69) is 0 Å². The van der Waals surface area contributed by atoms with E-state index in [1.807, 2.05) is 32.0 Å². The maximum Gasteiger partial charge on any atom is 0.294 e. The second kappa shape index (κ2) is 3.82. The van der Waals surface area contributed by atoms with Crippen LogP contribution in [0.25, 0.3) is 10.8 Å². The lowest BCUT2D eigenvalue weighted by atomic mass is 9.99. The molecule has 2 rings (SSSR count). The van der Waals surface area contributed by atoms with Crippen LogP contribution in [0.3, 0.4) is 0 Å². The molecule has 90 valence electrons. The van der Waals surface area contributed by atoms with Gasteiger partial charge in [0.05, 0.1) is 4.90 Å². The number of hydrogen-bond donors (Lipinski definition) is 1. The van der Waals surface area contributed by atoms with E-state index in [9.17, 15) is 13.0 Å². The molecule has 2 aromatic carbocycles. The molecule has 1 N–H and O–H groups in total. The largest absolute Gasteiger partial charge is 0.294 e. The number of fused-ring (bicyclic) bond motifs is 1. The Morgan fingerprint density at radius 3 is 2.24 bits per heavy atom. The predicted octanol–water partition coefficient (Wildman–Crippen LogP) is 3.01. The summed E-state index contributed by atoms with van der Waals surface area (Å²) in [5, 5.41) is 1.85. The molecule has 17 heavy (non-hydrogen) atoms. The van der Waals surface area contributed by atoms with E-state index in [1.165, 1.54) is 6.07 Å². The highest BCUT2D eigenvalue weighted by atomic mass is 32.2. The number of rotatable bonds is 1. The molecule has 0 fully saturated rings. The minimum Gasteiger partial charge on any atom is -0.282 e. The molecule has 2 aromatic rings. The number of benzene rings is 2. The van der Waals surface area contributed by atoms with Crippen molar-refractivity contribution in [2.75, 3.05) is 0 Å². The molecular weight excluding hydrogens is 236 g/mol. The van der Waals surface area contributed by atoms with Crippen LogP contribution >= 0.6 is 0 Å². The minimum atomic E-state index is -4.16. The van der Waals surface area contributed by atoms with Gasteiger partial charge in [0.2, 0.25) is 0 Å². The fraction of sp³-hybridized carbons (Fsp3) is 0.231. The summed E-state index contributed by atoms with van der Waals surface area (Å²) in [6, 6.07) is 7.40. The summed E-state index contributed by atoms with van der Waals surface area (Å²) in [5.41, 5.74) is 2.54. The van der Waals surface area contributed by atoms with Crippen molar-refractivity contribution in [1.82, 2.24) is 0 Å². The van der Waals surface area contributed by atoms with Crippen LogP contribution in [0.5, 0.6) is 0 Å². The predicted molar refractivity (Wildman–Crippen MR) is 68.0 cm³/mol. The van der Waals surface area contributed by atoms with E-state index in [0.29, 0.717) is 5.56 Å². The molecule has 0 saturated carbocycles. The summed E-state index contributed by atoms with van der Waals surface area (Å²) < 4.78 is 31.8. The quantitative estimate of drug-likeness (QED) is 0.791. The van der Waals surface area contributed by atoms with Crippen LogP contribution in [-0.4, -0.2) is 13.0 Å². The Hall–Kier alpha value is -1.39. The van der Waals surface area contributed by atoms with Crippen LogP contribution in [0.15, 0.2) is 29.2 Å². The van der Waals surface area contributed by atoms with Gasteiger partial charge in [-0.15, -0.1) is 0 Å². The van der Waals surface area contributed by atoms with Gasteiger partial charge in [0, 0.05) is 0 Å². The zero-order chi connectivity index (χ0) is 12.8. The fourth-order valence-electron chi connectivity index (χ4n) is 2.05. The molecule has 0 aliphatic carbocycles. The first-order valence-electron chi connectivity index (χ1n) is 5.29. The molecule has 3 nitrogen and oxygen atoms in total. The van der Waals surface area contributed by atoms with Crippen LogP contribution in [0.4, 0.5) is 0 Å².